The number of ketones is 1. The third-order valence-corrected chi connectivity index (χ3v) is 11.8. The first-order valence-electron chi connectivity index (χ1n) is 15.8. The minimum atomic E-state index is -4.64. The summed E-state index contributed by atoms with van der Waals surface area (Å²) < 4.78 is 64.5. The summed E-state index contributed by atoms with van der Waals surface area (Å²) in [5.41, 5.74) is 0.759. The summed E-state index contributed by atoms with van der Waals surface area (Å²) in [6, 6.07) is 19.9. The maximum atomic E-state index is 13.9. The van der Waals surface area contributed by atoms with Gasteiger partial charge in [-0.25, -0.2) is 17.6 Å². The number of β-lactam (4-membered cyclic amide) rings is 1. The highest BCUT2D eigenvalue weighted by Gasteiger charge is 2.57. The highest BCUT2D eigenvalue weighted by Crippen LogP contribution is 2.47. The highest BCUT2D eigenvalue weighted by molar-refractivity contribution is 7.93. The van der Waals surface area contributed by atoms with E-state index in [-0.39, 0.29) is 27.9 Å². The van der Waals surface area contributed by atoms with Crippen molar-refractivity contribution in [2.75, 3.05) is 10.7 Å². The predicted molar refractivity (Wildman–Crippen MR) is 183 cm³/mol. The van der Waals surface area contributed by atoms with Gasteiger partial charge in [0.25, 0.3) is 0 Å². The number of sulfone groups is 1. The molecule has 4 aromatic rings. The zero-order chi connectivity index (χ0) is 38.4. The summed E-state index contributed by atoms with van der Waals surface area (Å²) in [5.74, 6) is -5.60. The number of hydrogen-bond donors (Lipinski definition) is 6. The quantitative estimate of drug-likeness (QED) is 0.0716. The second-order valence-electron chi connectivity index (χ2n) is 12.3. The number of nitrogens with zero attached hydrogens (tertiary/aromatic N) is 1. The molecule has 0 spiro atoms. The lowest BCUT2D eigenvalue weighted by molar-refractivity contribution is -0.271. The van der Waals surface area contributed by atoms with Crippen LogP contribution in [-0.2, 0) is 28.7 Å². The van der Waals surface area contributed by atoms with E-state index in [2.05, 4.69) is 0 Å². The summed E-state index contributed by atoms with van der Waals surface area (Å²) in [5, 5.41) is 38.9. The molecule has 18 heteroatoms. The first-order chi connectivity index (χ1) is 25.0. The number of carbonyl (C=O) groups is 3. The fourth-order valence-electron chi connectivity index (χ4n) is 6.17. The number of rotatable bonds is 11. The molecule has 278 valence electrons. The maximum absolute atomic E-state index is 13.9. The number of aliphatic hydroxyl groups excluding tert-OH is 3. The number of amides is 1. The molecule has 2 heterocycles. The van der Waals surface area contributed by atoms with Crippen LogP contribution in [0.2, 0.25) is 0 Å². The van der Waals surface area contributed by atoms with Gasteiger partial charge in [-0.05, 0) is 65.7 Å². The molecule has 0 radical (unpaired) electrons. The van der Waals surface area contributed by atoms with Gasteiger partial charge in [0.1, 0.15) is 35.6 Å². The lowest BCUT2D eigenvalue weighted by Gasteiger charge is -2.47. The molecule has 1 amide bonds. The summed E-state index contributed by atoms with van der Waals surface area (Å²) in [6.45, 7) is 0. The van der Waals surface area contributed by atoms with Crippen molar-refractivity contribution in [3.05, 3.63) is 114 Å². The van der Waals surface area contributed by atoms with Crippen LogP contribution in [0.3, 0.4) is 0 Å². The van der Waals surface area contributed by atoms with Crippen LogP contribution in [0.4, 0.5) is 10.1 Å². The van der Waals surface area contributed by atoms with Gasteiger partial charge in [0.05, 0.1) is 11.3 Å². The molecule has 15 nitrogen and oxygen atoms in total. The Bertz CT molecular complexity index is 2200. The van der Waals surface area contributed by atoms with E-state index in [1.165, 1.54) is 54.6 Å². The number of carboxylic acids is 1. The standard InChI is InChI=1S/C35H31FNO14PS/c36-21-11-6-19(7-12-21)25(38)17-53(48,49)32-27(37(33(32)42)22-4-2-1-3-5-22)24-15-10-20(18-8-13-23(14-9-18)52(45,46)47)16-26(24)50-35-30(41)28(39)29(40)31(51-35)34(43)44/h1-16,27-32,35,39-41H,17H2,(H,43,44)(H2,45,46,47)/t27-,28+,29?,30?,31?,32-,35-/m1/s1. The Labute approximate surface area is 300 Å². The van der Waals surface area contributed by atoms with Crippen LogP contribution >= 0.6 is 7.60 Å². The van der Waals surface area contributed by atoms with Crippen LogP contribution < -0.4 is 14.9 Å². The Morgan fingerprint density at radius 1 is 0.849 bits per heavy atom. The van der Waals surface area contributed by atoms with Crippen molar-refractivity contribution in [2.45, 2.75) is 42.0 Å². The number of aliphatic hydroxyl groups is 3. The fourth-order valence-corrected chi connectivity index (χ4v) is 8.50. The van der Waals surface area contributed by atoms with Crippen LogP contribution in [0.25, 0.3) is 11.1 Å². The summed E-state index contributed by atoms with van der Waals surface area (Å²) in [4.78, 5) is 58.9. The molecule has 0 saturated carbocycles. The molecule has 2 aliphatic rings. The van der Waals surface area contributed by atoms with Gasteiger partial charge in [0, 0.05) is 16.8 Å². The van der Waals surface area contributed by atoms with Crippen LogP contribution in [0.1, 0.15) is 22.0 Å². The number of halogens is 1. The van der Waals surface area contributed by atoms with E-state index in [1.807, 2.05) is 0 Å². The Balaban J connectivity index is 1.46. The average molecular weight is 772 g/mol. The van der Waals surface area contributed by atoms with Crippen molar-refractivity contribution in [3.63, 3.8) is 0 Å². The van der Waals surface area contributed by atoms with Gasteiger partial charge in [-0.3, -0.25) is 14.2 Å². The van der Waals surface area contributed by atoms with E-state index < -0.39 is 88.7 Å². The smallest absolute Gasteiger partial charge is 0.356 e. The van der Waals surface area contributed by atoms with Gasteiger partial charge in [0.15, 0.2) is 27.0 Å². The van der Waals surface area contributed by atoms with Crippen LogP contribution in [0.15, 0.2) is 97.1 Å². The fraction of sp³-hybridized carbons (Fsp3) is 0.229. The van der Waals surface area contributed by atoms with Crippen molar-refractivity contribution in [3.8, 4) is 16.9 Å². The van der Waals surface area contributed by atoms with E-state index in [0.717, 1.165) is 29.2 Å². The van der Waals surface area contributed by atoms with Gasteiger partial charge < -0.3 is 44.6 Å². The number of hydrogen-bond acceptors (Lipinski definition) is 11. The lowest BCUT2D eigenvalue weighted by Crippen LogP contribution is -2.63. The van der Waals surface area contributed by atoms with Gasteiger partial charge >= 0.3 is 13.6 Å². The number of carbonyl (C=O) groups excluding carboxylic acids is 2. The van der Waals surface area contributed by atoms with E-state index in [0.29, 0.717) is 11.1 Å². The number of ether oxygens (including phenoxy) is 2. The van der Waals surface area contributed by atoms with Crippen molar-refractivity contribution in [1.29, 1.82) is 0 Å². The predicted octanol–water partition coefficient (Wildman–Crippen LogP) is 1.32. The van der Waals surface area contributed by atoms with Gasteiger partial charge in [0.2, 0.25) is 12.2 Å². The molecule has 0 bridgehead atoms. The lowest BCUT2D eigenvalue weighted by atomic mass is 9.90. The van der Waals surface area contributed by atoms with Gasteiger partial charge in [-0.2, -0.15) is 0 Å². The SMILES string of the molecule is O=C(CS(=O)(=O)[C@H]1C(=O)N(c2ccccc2)[C@@H]1c1ccc(-c2ccc(P(=O)(O)O)cc2)cc1O[C@@H]1OC(C(=O)O)C(O)[C@H](O)C1O)c1ccc(F)cc1. The van der Waals surface area contributed by atoms with Crippen molar-refractivity contribution < 1.29 is 71.4 Å². The first kappa shape index (κ1) is 37.9. The van der Waals surface area contributed by atoms with E-state index in [1.54, 1.807) is 18.2 Å². The molecule has 6 N–H and O–H groups in total. The third kappa shape index (κ3) is 7.51. The molecule has 4 aromatic carbocycles. The zero-order valence-corrected chi connectivity index (χ0v) is 28.8. The molecule has 2 fully saturated rings. The molecule has 2 saturated heterocycles. The summed E-state index contributed by atoms with van der Waals surface area (Å²) in [7, 11) is -9.25. The molecule has 3 unspecified atom stereocenters. The van der Waals surface area contributed by atoms with Crippen LogP contribution in [0, 0.1) is 5.82 Å². The number of carboxylic acid groups (broad SMARTS) is 1. The second kappa shape index (κ2) is 14.5. The third-order valence-electron chi connectivity index (χ3n) is 8.89. The van der Waals surface area contributed by atoms with Crippen LogP contribution in [-0.4, -0.2) is 98.0 Å². The largest absolute Gasteiger partial charge is 0.479 e. The highest BCUT2D eigenvalue weighted by atomic mass is 32.2. The summed E-state index contributed by atoms with van der Waals surface area (Å²) in [6.07, 6.45) is -10.2. The average Bonchev–Trinajstić information content (AvgIpc) is 3.10. The Morgan fingerprint density at radius 3 is 2.08 bits per heavy atom. The van der Waals surface area contributed by atoms with Crippen molar-refractivity contribution in [2.24, 2.45) is 0 Å². The number of benzene rings is 4. The normalized spacial score (nSPS) is 24.7. The van der Waals surface area contributed by atoms with Crippen molar-refractivity contribution >= 4 is 46.1 Å². The molecule has 2 aliphatic heterocycles. The Hall–Kier alpha value is -4.84. The molecule has 7 atom stereocenters. The number of aliphatic carboxylic acids is 1. The molecular weight excluding hydrogens is 740 g/mol. The molecule has 53 heavy (non-hydrogen) atoms. The van der Waals surface area contributed by atoms with Crippen LogP contribution in [0.5, 0.6) is 5.75 Å². The van der Waals surface area contributed by atoms with E-state index >= 15 is 0 Å². The molecular formula is C35H31FNO14PS. The Kier molecular flexibility index (Phi) is 10.4. The zero-order valence-electron chi connectivity index (χ0n) is 27.1. The van der Waals surface area contributed by atoms with Crippen molar-refractivity contribution in [1.82, 2.24) is 0 Å². The number of anilines is 1. The summed E-state index contributed by atoms with van der Waals surface area (Å²) >= 11 is 0. The minimum absolute atomic E-state index is 0.0323. The van der Waals surface area contributed by atoms with E-state index in [9.17, 15) is 62.0 Å². The second-order valence-corrected chi connectivity index (χ2v) is 16.1. The van der Waals surface area contributed by atoms with E-state index in [4.69, 9.17) is 9.47 Å². The topological polar surface area (TPSA) is 245 Å². The molecule has 6 rings (SSSR count). The number of para-hydroxylation sites is 1. The van der Waals surface area contributed by atoms with Gasteiger partial charge in [-0.1, -0.05) is 42.5 Å². The number of Topliss-reactive ketones (excluding diaryl/α,β-unsaturated/α-hetero) is 1. The monoisotopic (exact) mass is 771 g/mol. The molecule has 0 aliphatic carbocycles. The maximum Gasteiger partial charge on any atom is 0.356 e. The minimum Gasteiger partial charge on any atom is -0.479 e. The first-order valence-corrected chi connectivity index (χ1v) is 19.1. The van der Waals surface area contributed by atoms with Gasteiger partial charge in [-0.15, -0.1) is 0 Å². The Morgan fingerprint density at radius 2 is 1.47 bits per heavy atom. The molecule has 0 aromatic heterocycles.